The molecule has 0 aliphatic carbocycles. The fourth-order valence-electron chi connectivity index (χ4n) is 4.92. The second-order valence-corrected chi connectivity index (χ2v) is 12.4. The normalized spacial score (nSPS) is 11.8. The molecule has 9 heteroatoms. The van der Waals surface area contributed by atoms with Crippen LogP contribution in [0, 0.1) is 6.92 Å². The van der Waals surface area contributed by atoms with Crippen LogP contribution in [0.25, 0.3) is 0 Å². The summed E-state index contributed by atoms with van der Waals surface area (Å²) in [4.78, 5) is 29.7. The Morgan fingerprint density at radius 2 is 1.48 bits per heavy atom. The first kappa shape index (κ1) is 32.3. The van der Waals surface area contributed by atoms with E-state index in [4.69, 9.17) is 4.74 Å². The molecule has 0 aromatic heterocycles. The minimum Gasteiger partial charge on any atom is -0.497 e. The smallest absolute Gasteiger partial charge is 0.264 e. The predicted molar refractivity (Wildman–Crippen MR) is 173 cm³/mol. The Labute approximate surface area is 260 Å². The number of anilines is 1. The average molecular weight is 614 g/mol. The fraction of sp³-hybridized carbons (Fsp3) is 0.257. The summed E-state index contributed by atoms with van der Waals surface area (Å²) in [5, 5.41) is 2.96. The quantitative estimate of drug-likeness (QED) is 0.207. The second kappa shape index (κ2) is 15.2. The number of carbonyl (C=O) groups excluding carboxylic acids is 2. The summed E-state index contributed by atoms with van der Waals surface area (Å²) < 4.78 is 34.4. The molecule has 1 atom stereocenters. The van der Waals surface area contributed by atoms with E-state index in [9.17, 15) is 18.0 Å². The van der Waals surface area contributed by atoms with Gasteiger partial charge in [-0.15, -0.1) is 0 Å². The molecule has 230 valence electrons. The van der Waals surface area contributed by atoms with Crippen LogP contribution in [0.4, 0.5) is 5.69 Å². The van der Waals surface area contributed by atoms with Gasteiger partial charge in [-0.3, -0.25) is 13.9 Å². The summed E-state index contributed by atoms with van der Waals surface area (Å²) in [5.74, 6) is -0.248. The number of sulfonamides is 1. The van der Waals surface area contributed by atoms with Crippen molar-refractivity contribution in [3.05, 3.63) is 126 Å². The number of amides is 2. The molecule has 8 nitrogen and oxygen atoms in total. The van der Waals surface area contributed by atoms with Crippen LogP contribution < -0.4 is 14.4 Å². The van der Waals surface area contributed by atoms with Crippen LogP contribution in [-0.2, 0) is 32.6 Å². The van der Waals surface area contributed by atoms with Gasteiger partial charge in [-0.2, -0.15) is 0 Å². The van der Waals surface area contributed by atoms with Gasteiger partial charge in [-0.25, -0.2) is 8.42 Å². The summed E-state index contributed by atoms with van der Waals surface area (Å²) in [6, 6.07) is 30.9. The summed E-state index contributed by atoms with van der Waals surface area (Å²) in [5.41, 5.74) is 3.03. The zero-order valence-corrected chi connectivity index (χ0v) is 26.2. The summed E-state index contributed by atoms with van der Waals surface area (Å²) in [6.45, 7) is 3.99. The molecule has 4 aromatic rings. The summed E-state index contributed by atoms with van der Waals surface area (Å²) in [7, 11) is -2.63. The van der Waals surface area contributed by atoms with Crippen molar-refractivity contribution in [3.8, 4) is 5.75 Å². The van der Waals surface area contributed by atoms with Crippen molar-refractivity contribution < 1.29 is 22.7 Å². The monoisotopic (exact) mass is 613 g/mol. The zero-order valence-electron chi connectivity index (χ0n) is 25.3. The van der Waals surface area contributed by atoms with Crippen LogP contribution in [0.2, 0.25) is 0 Å². The number of nitrogens with one attached hydrogen (secondary N) is 1. The molecule has 0 heterocycles. The Bertz CT molecular complexity index is 1630. The van der Waals surface area contributed by atoms with Gasteiger partial charge in [0.05, 0.1) is 17.7 Å². The minimum atomic E-state index is -4.16. The Balaban J connectivity index is 1.79. The number of carbonyl (C=O) groups is 2. The second-order valence-electron chi connectivity index (χ2n) is 10.5. The molecule has 0 spiro atoms. The number of hydrogen-bond acceptors (Lipinski definition) is 5. The number of methoxy groups -OCH3 is 1. The molecule has 0 saturated carbocycles. The van der Waals surface area contributed by atoms with Gasteiger partial charge in [0.2, 0.25) is 11.8 Å². The van der Waals surface area contributed by atoms with Gasteiger partial charge in [0.15, 0.2) is 0 Å². The molecule has 2 amide bonds. The lowest BCUT2D eigenvalue weighted by Gasteiger charge is -2.34. The molecule has 0 fully saturated rings. The van der Waals surface area contributed by atoms with Gasteiger partial charge in [0, 0.05) is 19.5 Å². The van der Waals surface area contributed by atoms with Crippen LogP contribution in [-0.4, -0.2) is 51.4 Å². The molecule has 0 saturated heterocycles. The van der Waals surface area contributed by atoms with E-state index in [0.29, 0.717) is 18.0 Å². The van der Waals surface area contributed by atoms with Crippen LogP contribution in [0.5, 0.6) is 5.75 Å². The van der Waals surface area contributed by atoms with Gasteiger partial charge in [-0.1, -0.05) is 85.3 Å². The maximum Gasteiger partial charge on any atom is 0.264 e. The Hall–Kier alpha value is -4.63. The first-order chi connectivity index (χ1) is 21.2. The number of ether oxygens (including phenoxy) is 1. The summed E-state index contributed by atoms with van der Waals surface area (Å²) in [6.07, 6.45) is 0.998. The summed E-state index contributed by atoms with van der Waals surface area (Å²) >= 11 is 0. The van der Waals surface area contributed by atoms with Gasteiger partial charge < -0.3 is 15.0 Å². The Morgan fingerprint density at radius 3 is 2.09 bits per heavy atom. The largest absolute Gasteiger partial charge is 0.497 e. The third kappa shape index (κ3) is 8.26. The van der Waals surface area contributed by atoms with Crippen LogP contribution in [0.15, 0.2) is 114 Å². The lowest BCUT2D eigenvalue weighted by atomic mass is 10.0. The lowest BCUT2D eigenvalue weighted by molar-refractivity contribution is -0.140. The minimum absolute atomic E-state index is 0.0513. The van der Waals surface area contributed by atoms with Crippen molar-refractivity contribution in [3.63, 3.8) is 0 Å². The van der Waals surface area contributed by atoms with Crippen molar-refractivity contribution in [2.75, 3.05) is 24.5 Å². The van der Waals surface area contributed by atoms with Crippen molar-refractivity contribution in [1.29, 1.82) is 0 Å². The van der Waals surface area contributed by atoms with Gasteiger partial charge >= 0.3 is 0 Å². The molecular formula is C35H39N3O5S. The van der Waals surface area contributed by atoms with E-state index in [-0.39, 0.29) is 23.8 Å². The highest BCUT2D eigenvalue weighted by molar-refractivity contribution is 7.92. The first-order valence-electron chi connectivity index (χ1n) is 14.6. The van der Waals surface area contributed by atoms with Crippen LogP contribution >= 0.6 is 0 Å². The van der Waals surface area contributed by atoms with E-state index < -0.39 is 28.5 Å². The number of benzene rings is 4. The highest BCUT2D eigenvalue weighted by atomic mass is 32.2. The Kier molecular flexibility index (Phi) is 11.2. The van der Waals surface area contributed by atoms with E-state index >= 15 is 0 Å². The molecule has 0 bridgehead atoms. The zero-order chi connectivity index (χ0) is 31.5. The topological polar surface area (TPSA) is 96.0 Å². The predicted octanol–water partition coefficient (Wildman–Crippen LogP) is 5.37. The maximum absolute atomic E-state index is 14.4. The van der Waals surface area contributed by atoms with Crippen LogP contribution in [0.3, 0.4) is 0 Å². The first-order valence-corrected chi connectivity index (χ1v) is 16.1. The molecular weight excluding hydrogens is 574 g/mol. The van der Waals surface area contributed by atoms with Gasteiger partial charge in [0.1, 0.15) is 18.3 Å². The van der Waals surface area contributed by atoms with Crippen LogP contribution in [0.1, 0.15) is 30.0 Å². The number of aryl methyl sites for hydroxylation is 1. The average Bonchev–Trinajstić information content (AvgIpc) is 3.05. The Morgan fingerprint density at radius 1 is 0.841 bits per heavy atom. The number of hydrogen-bond donors (Lipinski definition) is 1. The molecule has 0 radical (unpaired) electrons. The van der Waals surface area contributed by atoms with E-state index in [1.807, 2.05) is 68.4 Å². The van der Waals surface area contributed by atoms with E-state index in [1.165, 1.54) is 24.1 Å². The molecule has 0 unspecified atom stereocenters. The molecule has 44 heavy (non-hydrogen) atoms. The molecule has 4 aromatic carbocycles. The molecule has 4 rings (SSSR count). The maximum atomic E-state index is 14.4. The van der Waals surface area contributed by atoms with E-state index in [1.54, 1.807) is 42.5 Å². The van der Waals surface area contributed by atoms with Crippen molar-refractivity contribution in [2.24, 2.45) is 0 Å². The fourth-order valence-corrected chi connectivity index (χ4v) is 6.36. The number of nitrogens with zero attached hydrogens (tertiary/aromatic N) is 2. The van der Waals surface area contributed by atoms with Gasteiger partial charge in [0.25, 0.3) is 10.0 Å². The number of rotatable bonds is 14. The highest BCUT2D eigenvalue weighted by Gasteiger charge is 2.34. The van der Waals surface area contributed by atoms with E-state index in [2.05, 4.69) is 5.32 Å². The third-order valence-corrected chi connectivity index (χ3v) is 9.01. The van der Waals surface area contributed by atoms with Crippen molar-refractivity contribution in [1.82, 2.24) is 10.2 Å². The van der Waals surface area contributed by atoms with Gasteiger partial charge in [-0.05, 0) is 60.9 Å². The van der Waals surface area contributed by atoms with Crippen molar-refractivity contribution in [2.45, 2.75) is 44.2 Å². The van der Waals surface area contributed by atoms with Crippen molar-refractivity contribution >= 4 is 27.5 Å². The van der Waals surface area contributed by atoms with E-state index in [0.717, 1.165) is 27.4 Å². The highest BCUT2D eigenvalue weighted by Crippen LogP contribution is 2.27. The molecule has 0 aliphatic heterocycles. The SMILES string of the molecule is CCCNC(=O)[C@H](Cc1ccccc1)N(Cc1cccc(C)c1)C(=O)CN(c1ccc(OC)cc1)S(=O)(=O)c1ccccc1. The third-order valence-electron chi connectivity index (χ3n) is 7.23. The molecule has 0 aliphatic rings. The standard InChI is InChI=1S/C35H39N3O5S/c1-4-22-36-35(40)33(24-28-13-7-5-8-14-28)37(25-29-15-11-12-27(2)23-29)34(39)26-38(30-18-20-31(43-3)21-19-30)44(41,42)32-16-9-6-10-17-32/h5-21,23,33H,4,22,24-26H2,1-3H3,(H,36,40)/t33-/m0/s1. The lowest BCUT2D eigenvalue weighted by Crippen LogP contribution is -2.53. The molecule has 1 N–H and O–H groups in total.